The molecule has 0 fully saturated rings. The fourth-order valence-corrected chi connectivity index (χ4v) is 4.18. The van der Waals surface area contributed by atoms with Crippen molar-refractivity contribution in [2.75, 3.05) is 26.1 Å². The normalized spacial score (nSPS) is 20.6. The monoisotopic (exact) mass is 345 g/mol. The fraction of sp³-hybridized carbons (Fsp3) is 0.400. The minimum Gasteiger partial charge on any atom is -0.493 e. The lowest BCUT2D eigenvalue weighted by atomic mass is 9.69. The number of ether oxygens (including phenoxy) is 2. The Bertz CT molecular complexity index is 760. The lowest BCUT2D eigenvalue weighted by molar-refractivity contribution is 0.350. The van der Waals surface area contributed by atoms with Crippen LogP contribution in [0.5, 0.6) is 11.5 Å². The molecule has 2 aliphatic rings. The molecule has 0 unspecified atom stereocenters. The zero-order chi connectivity index (χ0) is 16.0. The van der Waals surface area contributed by atoms with E-state index in [1.165, 1.54) is 34.4 Å². The summed E-state index contributed by atoms with van der Waals surface area (Å²) < 4.78 is 11.0. The predicted molar refractivity (Wildman–Crippen MR) is 100 cm³/mol. The lowest BCUT2D eigenvalue weighted by Gasteiger charge is -2.39. The van der Waals surface area contributed by atoms with E-state index >= 15 is 0 Å². The molecule has 2 aromatic rings. The summed E-state index contributed by atoms with van der Waals surface area (Å²) in [6.07, 6.45) is 2.33. The van der Waals surface area contributed by atoms with E-state index in [2.05, 4.69) is 42.6 Å². The van der Waals surface area contributed by atoms with Crippen molar-refractivity contribution in [3.05, 3.63) is 52.6 Å². The third-order valence-corrected chi connectivity index (χ3v) is 5.33. The average molecular weight is 346 g/mol. The molecule has 2 atom stereocenters. The second-order valence-corrected chi connectivity index (χ2v) is 6.65. The molecular formula is C20H24ClNO2. The smallest absolute Gasteiger partial charge is 0.161 e. The Labute approximate surface area is 149 Å². The molecule has 2 aromatic carbocycles. The summed E-state index contributed by atoms with van der Waals surface area (Å²) in [5.41, 5.74) is 6.81. The SMILES string of the molecule is COc1cc2c(cc1OC)[C@H]1c3ccc(C)cc3NC[C@@H]1CC2.Cl. The third-order valence-electron chi connectivity index (χ3n) is 5.33. The van der Waals surface area contributed by atoms with Crippen LogP contribution in [0.1, 0.15) is 34.6 Å². The number of anilines is 1. The lowest BCUT2D eigenvalue weighted by Crippen LogP contribution is -2.32. The van der Waals surface area contributed by atoms with Gasteiger partial charge in [0.2, 0.25) is 0 Å². The average Bonchev–Trinajstić information content (AvgIpc) is 2.59. The van der Waals surface area contributed by atoms with Crippen LogP contribution in [-0.2, 0) is 6.42 Å². The molecule has 0 spiro atoms. The number of hydrogen-bond donors (Lipinski definition) is 1. The van der Waals surface area contributed by atoms with Crippen molar-refractivity contribution in [2.24, 2.45) is 5.92 Å². The van der Waals surface area contributed by atoms with Crippen LogP contribution in [0.3, 0.4) is 0 Å². The van der Waals surface area contributed by atoms with Gasteiger partial charge in [0.1, 0.15) is 0 Å². The van der Waals surface area contributed by atoms with Crippen LogP contribution in [0.2, 0.25) is 0 Å². The maximum absolute atomic E-state index is 5.55. The molecule has 3 nitrogen and oxygen atoms in total. The molecule has 4 heteroatoms. The number of halogens is 1. The minimum atomic E-state index is 0. The molecule has 0 amide bonds. The topological polar surface area (TPSA) is 30.5 Å². The van der Waals surface area contributed by atoms with Crippen molar-refractivity contribution in [3.8, 4) is 11.5 Å². The first kappa shape index (κ1) is 17.0. The molecule has 24 heavy (non-hydrogen) atoms. The summed E-state index contributed by atoms with van der Waals surface area (Å²) >= 11 is 0. The number of nitrogens with one attached hydrogen (secondary N) is 1. The number of aryl methyl sites for hydroxylation is 2. The van der Waals surface area contributed by atoms with Crippen LogP contribution in [0.15, 0.2) is 30.3 Å². The number of hydrogen-bond acceptors (Lipinski definition) is 3. The van der Waals surface area contributed by atoms with Crippen molar-refractivity contribution in [2.45, 2.75) is 25.7 Å². The quantitative estimate of drug-likeness (QED) is 0.865. The second-order valence-electron chi connectivity index (χ2n) is 6.65. The Balaban J connectivity index is 0.00000169. The van der Waals surface area contributed by atoms with Crippen LogP contribution in [0.4, 0.5) is 5.69 Å². The Morgan fingerprint density at radius 1 is 1.00 bits per heavy atom. The van der Waals surface area contributed by atoms with E-state index in [1.807, 2.05) is 0 Å². The van der Waals surface area contributed by atoms with Crippen LogP contribution in [-0.4, -0.2) is 20.8 Å². The molecule has 4 rings (SSSR count). The van der Waals surface area contributed by atoms with Gasteiger partial charge >= 0.3 is 0 Å². The van der Waals surface area contributed by atoms with Crippen LogP contribution in [0.25, 0.3) is 0 Å². The van der Waals surface area contributed by atoms with Crippen LogP contribution < -0.4 is 14.8 Å². The van der Waals surface area contributed by atoms with Gasteiger partial charge in [-0.3, -0.25) is 0 Å². The molecule has 1 aliphatic heterocycles. The van der Waals surface area contributed by atoms with E-state index in [0.717, 1.165) is 24.5 Å². The number of benzene rings is 2. The van der Waals surface area contributed by atoms with E-state index in [-0.39, 0.29) is 12.4 Å². The third kappa shape index (κ3) is 2.61. The predicted octanol–water partition coefficient (Wildman–Crippen LogP) is 4.55. The van der Waals surface area contributed by atoms with Gasteiger partial charge in [-0.25, -0.2) is 0 Å². The van der Waals surface area contributed by atoms with Gasteiger partial charge in [-0.05, 0) is 66.1 Å². The molecule has 0 saturated heterocycles. The van der Waals surface area contributed by atoms with E-state index in [4.69, 9.17) is 9.47 Å². The van der Waals surface area contributed by atoms with Gasteiger partial charge in [0.05, 0.1) is 14.2 Å². The molecule has 1 aliphatic carbocycles. The zero-order valence-corrected chi connectivity index (χ0v) is 15.2. The first-order chi connectivity index (χ1) is 11.2. The molecular weight excluding hydrogens is 322 g/mol. The summed E-state index contributed by atoms with van der Waals surface area (Å²) in [6, 6.07) is 11.1. The van der Waals surface area contributed by atoms with Crippen molar-refractivity contribution in [1.29, 1.82) is 0 Å². The summed E-state index contributed by atoms with van der Waals surface area (Å²) in [6.45, 7) is 3.20. The molecule has 1 N–H and O–H groups in total. The highest BCUT2D eigenvalue weighted by Crippen LogP contribution is 2.48. The van der Waals surface area contributed by atoms with E-state index in [1.54, 1.807) is 14.2 Å². The van der Waals surface area contributed by atoms with Crippen molar-refractivity contribution < 1.29 is 9.47 Å². The molecule has 1 heterocycles. The second kappa shape index (κ2) is 6.56. The van der Waals surface area contributed by atoms with Crippen LogP contribution in [0, 0.1) is 12.8 Å². The van der Waals surface area contributed by atoms with E-state index in [9.17, 15) is 0 Å². The summed E-state index contributed by atoms with van der Waals surface area (Å²) in [4.78, 5) is 0. The van der Waals surface area contributed by atoms with E-state index < -0.39 is 0 Å². The maximum atomic E-state index is 5.55. The molecule has 0 saturated carbocycles. The van der Waals surface area contributed by atoms with Gasteiger partial charge in [-0.15, -0.1) is 12.4 Å². The first-order valence-corrected chi connectivity index (χ1v) is 8.30. The maximum Gasteiger partial charge on any atom is 0.161 e. The van der Waals surface area contributed by atoms with Gasteiger partial charge in [-0.2, -0.15) is 0 Å². The highest BCUT2D eigenvalue weighted by molar-refractivity contribution is 5.85. The highest BCUT2D eigenvalue weighted by Gasteiger charge is 2.35. The molecule has 128 valence electrons. The largest absolute Gasteiger partial charge is 0.493 e. The Kier molecular flexibility index (Phi) is 4.64. The van der Waals surface area contributed by atoms with Crippen molar-refractivity contribution >= 4 is 18.1 Å². The van der Waals surface area contributed by atoms with Gasteiger partial charge in [0.15, 0.2) is 11.5 Å². The summed E-state index contributed by atoms with van der Waals surface area (Å²) in [7, 11) is 3.42. The number of methoxy groups -OCH3 is 2. The minimum absolute atomic E-state index is 0. The number of rotatable bonds is 2. The van der Waals surface area contributed by atoms with E-state index in [0.29, 0.717) is 11.8 Å². The standard InChI is InChI=1S/C20H23NO2.ClH/c1-12-4-7-15-17(8-12)21-11-14-6-5-13-9-18(22-2)19(23-3)10-16(13)20(14)15;/h4,7-10,14,20-21H,5-6,11H2,1-3H3;1H/t14-,20+;/m0./s1. The highest BCUT2D eigenvalue weighted by atomic mass is 35.5. The molecule has 0 aromatic heterocycles. The molecule has 0 bridgehead atoms. The van der Waals surface area contributed by atoms with Gasteiger partial charge in [0, 0.05) is 18.2 Å². The number of fused-ring (bicyclic) bond motifs is 5. The zero-order valence-electron chi connectivity index (χ0n) is 14.4. The Morgan fingerprint density at radius 3 is 2.50 bits per heavy atom. The molecule has 0 radical (unpaired) electrons. The summed E-state index contributed by atoms with van der Waals surface area (Å²) in [5, 5.41) is 3.63. The first-order valence-electron chi connectivity index (χ1n) is 8.30. The Hall–Kier alpha value is -1.87. The van der Waals surface area contributed by atoms with Crippen molar-refractivity contribution in [3.63, 3.8) is 0 Å². The van der Waals surface area contributed by atoms with Gasteiger partial charge in [0.25, 0.3) is 0 Å². The van der Waals surface area contributed by atoms with Crippen molar-refractivity contribution in [1.82, 2.24) is 0 Å². The summed E-state index contributed by atoms with van der Waals surface area (Å²) in [5.74, 6) is 2.77. The van der Waals surface area contributed by atoms with Crippen LogP contribution >= 0.6 is 12.4 Å². The van der Waals surface area contributed by atoms with Gasteiger partial charge < -0.3 is 14.8 Å². The fourth-order valence-electron chi connectivity index (χ4n) is 4.18. The Morgan fingerprint density at radius 2 is 1.75 bits per heavy atom. The van der Waals surface area contributed by atoms with Gasteiger partial charge in [-0.1, -0.05) is 12.1 Å².